The summed E-state index contributed by atoms with van der Waals surface area (Å²) in [4.78, 5) is 13.6. The van der Waals surface area contributed by atoms with Crippen molar-refractivity contribution in [3.05, 3.63) is 35.9 Å². The number of carbonyl (C=O) groups is 1. The van der Waals surface area contributed by atoms with Crippen molar-refractivity contribution in [1.29, 1.82) is 0 Å². The van der Waals surface area contributed by atoms with E-state index in [-0.39, 0.29) is 5.97 Å². The Balaban J connectivity index is 2.96. The molecule has 1 rings (SSSR count). The minimum atomic E-state index is -0.889. The second kappa shape index (κ2) is 7.72. The summed E-state index contributed by atoms with van der Waals surface area (Å²) >= 11 is 0. The molecule has 20 heavy (non-hydrogen) atoms. The number of rotatable bonds is 5. The highest BCUT2D eigenvalue weighted by Crippen LogP contribution is 2.24. The van der Waals surface area contributed by atoms with Crippen LogP contribution in [-0.2, 0) is 15.1 Å². The van der Waals surface area contributed by atoms with E-state index >= 15 is 0 Å². The lowest BCUT2D eigenvalue weighted by atomic mass is 9.96. The molecule has 1 atom stereocenters. The molecule has 0 aromatic heterocycles. The van der Waals surface area contributed by atoms with Crippen molar-refractivity contribution >= 4 is 5.97 Å². The monoisotopic (exact) mass is 273 g/mol. The molecule has 0 aliphatic rings. The summed E-state index contributed by atoms with van der Waals surface area (Å²) in [5, 5.41) is 0. The van der Waals surface area contributed by atoms with Gasteiger partial charge in [0.2, 0.25) is 0 Å². The van der Waals surface area contributed by atoms with Crippen LogP contribution in [0.5, 0.6) is 0 Å². The first kappa shape index (κ1) is 16.3. The van der Waals surface area contributed by atoms with Gasteiger partial charge in [0.1, 0.15) is 0 Å². The predicted molar refractivity (Wildman–Crippen MR) is 81.1 cm³/mol. The highest BCUT2D eigenvalue weighted by molar-refractivity contribution is 5.67. The van der Waals surface area contributed by atoms with Crippen molar-refractivity contribution in [2.45, 2.75) is 33.3 Å². The van der Waals surface area contributed by atoms with Gasteiger partial charge >= 0.3 is 5.97 Å². The van der Waals surface area contributed by atoms with Gasteiger partial charge in [-0.2, -0.15) is 0 Å². The van der Waals surface area contributed by atoms with E-state index < -0.39 is 5.60 Å². The number of ether oxygens (including phenoxy) is 1. The Hall–Kier alpha value is -1.79. The third kappa shape index (κ3) is 4.71. The molecule has 0 amide bonds. The Bertz CT molecular complexity index is 483. The Kier molecular flexibility index (Phi) is 6.27. The maximum absolute atomic E-state index is 11.3. The fraction of sp³-hybridized carbons (Fsp3) is 0.471. The zero-order chi connectivity index (χ0) is 15.0. The van der Waals surface area contributed by atoms with Gasteiger partial charge in [-0.15, -0.1) is 0 Å². The second-order valence-electron chi connectivity index (χ2n) is 4.76. The van der Waals surface area contributed by atoms with Crippen molar-refractivity contribution in [2.75, 3.05) is 19.6 Å². The van der Waals surface area contributed by atoms with Gasteiger partial charge < -0.3 is 4.74 Å². The van der Waals surface area contributed by atoms with Gasteiger partial charge in [-0.3, -0.25) is 9.69 Å². The predicted octanol–water partition coefficient (Wildman–Crippen LogP) is 2.81. The first-order valence-corrected chi connectivity index (χ1v) is 6.99. The van der Waals surface area contributed by atoms with Gasteiger partial charge in [-0.25, -0.2) is 0 Å². The molecule has 0 fully saturated rings. The van der Waals surface area contributed by atoms with E-state index in [1.165, 1.54) is 6.92 Å². The van der Waals surface area contributed by atoms with E-state index in [1.54, 1.807) is 0 Å². The van der Waals surface area contributed by atoms with Gasteiger partial charge in [0, 0.05) is 12.5 Å². The smallest absolute Gasteiger partial charge is 0.304 e. The lowest BCUT2D eigenvalue weighted by Crippen LogP contribution is -2.27. The van der Waals surface area contributed by atoms with Gasteiger partial charge in [-0.05, 0) is 25.9 Å². The zero-order valence-corrected chi connectivity index (χ0v) is 12.8. The van der Waals surface area contributed by atoms with Crippen LogP contribution >= 0.6 is 0 Å². The van der Waals surface area contributed by atoms with E-state index in [9.17, 15) is 4.79 Å². The van der Waals surface area contributed by atoms with Gasteiger partial charge in [-0.1, -0.05) is 50.1 Å². The fourth-order valence-corrected chi connectivity index (χ4v) is 1.97. The summed E-state index contributed by atoms with van der Waals surface area (Å²) in [6.07, 6.45) is 0. The van der Waals surface area contributed by atoms with E-state index in [0.717, 1.165) is 18.7 Å². The first-order valence-electron chi connectivity index (χ1n) is 6.99. The Labute approximate surface area is 121 Å². The molecule has 0 aliphatic heterocycles. The molecule has 0 N–H and O–H groups in total. The van der Waals surface area contributed by atoms with Crippen molar-refractivity contribution in [1.82, 2.24) is 4.90 Å². The van der Waals surface area contributed by atoms with Gasteiger partial charge in [0.15, 0.2) is 5.60 Å². The molecule has 0 saturated carbocycles. The quantitative estimate of drug-likeness (QED) is 0.610. The number of benzene rings is 1. The van der Waals surface area contributed by atoms with E-state index in [2.05, 4.69) is 30.6 Å². The van der Waals surface area contributed by atoms with Crippen molar-refractivity contribution in [3.63, 3.8) is 0 Å². The van der Waals surface area contributed by atoms with Crippen LogP contribution in [0, 0.1) is 11.8 Å². The maximum Gasteiger partial charge on any atom is 0.304 e. The molecule has 1 unspecified atom stereocenters. The van der Waals surface area contributed by atoms with E-state index in [0.29, 0.717) is 6.54 Å². The first-order chi connectivity index (χ1) is 9.51. The summed E-state index contributed by atoms with van der Waals surface area (Å²) < 4.78 is 5.44. The van der Waals surface area contributed by atoms with Crippen molar-refractivity contribution in [2.24, 2.45) is 0 Å². The molecule has 0 heterocycles. The van der Waals surface area contributed by atoms with Crippen LogP contribution in [0.25, 0.3) is 0 Å². The Morgan fingerprint density at radius 3 is 2.35 bits per heavy atom. The van der Waals surface area contributed by atoms with Crippen LogP contribution in [0.1, 0.15) is 33.3 Å². The van der Waals surface area contributed by atoms with Crippen molar-refractivity contribution < 1.29 is 9.53 Å². The maximum atomic E-state index is 11.3. The largest absolute Gasteiger partial charge is 0.442 e. The molecule has 0 spiro atoms. The average molecular weight is 273 g/mol. The minimum Gasteiger partial charge on any atom is -0.442 e. The Morgan fingerprint density at radius 2 is 1.85 bits per heavy atom. The van der Waals surface area contributed by atoms with Crippen LogP contribution in [0.15, 0.2) is 30.3 Å². The molecule has 1 aromatic carbocycles. The number of hydrogen-bond acceptors (Lipinski definition) is 3. The van der Waals surface area contributed by atoms with Gasteiger partial charge in [0.05, 0.1) is 6.54 Å². The third-order valence-corrected chi connectivity index (χ3v) is 3.20. The lowest BCUT2D eigenvalue weighted by molar-refractivity contribution is -0.151. The topological polar surface area (TPSA) is 29.5 Å². The lowest BCUT2D eigenvalue weighted by Gasteiger charge is -2.24. The molecule has 0 saturated heterocycles. The molecular formula is C17H23NO2. The molecule has 0 aliphatic carbocycles. The minimum absolute atomic E-state index is 0.325. The normalized spacial score (nSPS) is 13.2. The fourth-order valence-electron chi connectivity index (χ4n) is 1.97. The zero-order valence-electron chi connectivity index (χ0n) is 12.8. The number of esters is 1. The SMILES string of the molecule is CCN(CC)CC#CC(C)(OC(C)=O)c1ccccc1. The summed E-state index contributed by atoms with van der Waals surface area (Å²) in [5.41, 5.74) is 0.00232. The molecule has 0 bridgehead atoms. The third-order valence-electron chi connectivity index (χ3n) is 3.20. The molecule has 0 radical (unpaired) electrons. The molecular weight excluding hydrogens is 250 g/mol. The standard InChI is InChI=1S/C17H23NO2/c1-5-18(6-2)14-10-13-17(4,20-15(3)19)16-11-8-7-9-12-16/h7-9,11-12H,5-6,14H2,1-4H3. The van der Waals surface area contributed by atoms with Crippen LogP contribution in [0.4, 0.5) is 0 Å². The van der Waals surface area contributed by atoms with E-state index in [4.69, 9.17) is 4.74 Å². The summed E-state index contributed by atoms with van der Waals surface area (Å²) in [7, 11) is 0. The Morgan fingerprint density at radius 1 is 1.25 bits per heavy atom. The van der Waals surface area contributed by atoms with Crippen LogP contribution in [0.3, 0.4) is 0 Å². The van der Waals surface area contributed by atoms with Crippen LogP contribution < -0.4 is 0 Å². The summed E-state index contributed by atoms with van der Waals surface area (Å²) in [6.45, 7) is 10.0. The molecule has 1 aromatic rings. The van der Waals surface area contributed by atoms with E-state index in [1.807, 2.05) is 37.3 Å². The number of hydrogen-bond donors (Lipinski definition) is 0. The van der Waals surface area contributed by atoms with Crippen LogP contribution in [-0.4, -0.2) is 30.5 Å². The molecule has 3 nitrogen and oxygen atoms in total. The average Bonchev–Trinajstić information content (AvgIpc) is 2.44. The summed E-state index contributed by atoms with van der Waals surface area (Å²) in [6, 6.07) is 9.62. The number of carbonyl (C=O) groups excluding carboxylic acids is 1. The second-order valence-corrected chi connectivity index (χ2v) is 4.76. The molecule has 108 valence electrons. The highest BCUT2D eigenvalue weighted by atomic mass is 16.6. The summed E-state index contributed by atoms with van der Waals surface area (Å²) in [5.74, 6) is 5.91. The molecule has 3 heteroatoms. The van der Waals surface area contributed by atoms with Crippen molar-refractivity contribution in [3.8, 4) is 11.8 Å². The number of nitrogens with zero attached hydrogens (tertiary/aromatic N) is 1. The van der Waals surface area contributed by atoms with Crippen LogP contribution in [0.2, 0.25) is 0 Å². The van der Waals surface area contributed by atoms with Gasteiger partial charge in [0.25, 0.3) is 0 Å². The highest BCUT2D eigenvalue weighted by Gasteiger charge is 2.27.